The summed E-state index contributed by atoms with van der Waals surface area (Å²) in [5.74, 6) is 0.808. The summed E-state index contributed by atoms with van der Waals surface area (Å²) in [5, 5.41) is 6.44. The Hall–Kier alpha value is -3.45. The molecule has 0 aliphatic heterocycles. The van der Waals surface area contributed by atoms with Crippen molar-refractivity contribution in [1.29, 1.82) is 0 Å². The zero-order valence-corrected chi connectivity index (χ0v) is 16.5. The molecule has 7 heteroatoms. The number of methoxy groups -OCH3 is 1. The zero-order chi connectivity index (χ0) is 20.5. The van der Waals surface area contributed by atoms with Crippen molar-refractivity contribution in [3.63, 3.8) is 0 Å². The molecule has 0 aliphatic rings. The Balaban J connectivity index is 1.83. The van der Waals surface area contributed by atoms with Crippen LogP contribution < -0.4 is 10.6 Å². The summed E-state index contributed by atoms with van der Waals surface area (Å²) in [4.78, 5) is 21.0. The summed E-state index contributed by atoms with van der Waals surface area (Å²) in [6.07, 6.45) is 0. The second-order valence-electron chi connectivity index (χ2n) is 6.17. The second kappa shape index (κ2) is 10.2. The molecule has 0 bridgehead atoms. The van der Waals surface area contributed by atoms with Crippen LogP contribution in [0, 0.1) is 0 Å². The Bertz CT molecular complexity index is 931. The Morgan fingerprint density at radius 2 is 1.79 bits per heavy atom. The first kappa shape index (κ1) is 20.3. The van der Waals surface area contributed by atoms with Crippen LogP contribution in [0.25, 0.3) is 11.3 Å². The number of rotatable bonds is 9. The van der Waals surface area contributed by atoms with Crippen LogP contribution in [0.3, 0.4) is 0 Å². The Morgan fingerprint density at radius 3 is 2.48 bits per heavy atom. The van der Waals surface area contributed by atoms with Gasteiger partial charge in [-0.1, -0.05) is 30.3 Å². The fourth-order valence-corrected chi connectivity index (χ4v) is 2.66. The average molecular weight is 392 g/mol. The highest BCUT2D eigenvalue weighted by molar-refractivity contribution is 5.89. The van der Waals surface area contributed by atoms with Gasteiger partial charge in [0.05, 0.1) is 24.5 Å². The predicted octanol–water partition coefficient (Wildman–Crippen LogP) is 4.12. The van der Waals surface area contributed by atoms with E-state index in [1.807, 2.05) is 36.4 Å². The topological polar surface area (TPSA) is 85.4 Å². The highest BCUT2D eigenvalue weighted by Gasteiger charge is 2.09. The molecule has 2 N–H and O–H groups in total. The molecule has 0 atom stereocenters. The standard InChI is InChI=1S/C22H24N4O3/c1-3-29-21(27)17-9-11-18(12-10-17)24-22-25-19(16-7-5-4-6-8-16)15-20(26-22)23-13-14-28-2/h4-12,15H,3,13-14H2,1-2H3,(H2,23,24,25,26). The van der Waals surface area contributed by atoms with E-state index in [0.29, 0.717) is 37.1 Å². The van der Waals surface area contributed by atoms with Gasteiger partial charge >= 0.3 is 5.97 Å². The van der Waals surface area contributed by atoms with E-state index in [-0.39, 0.29) is 5.97 Å². The van der Waals surface area contributed by atoms with E-state index >= 15 is 0 Å². The maximum absolute atomic E-state index is 11.8. The van der Waals surface area contributed by atoms with E-state index in [9.17, 15) is 4.79 Å². The molecule has 7 nitrogen and oxygen atoms in total. The lowest BCUT2D eigenvalue weighted by Crippen LogP contribution is -2.10. The molecule has 0 aliphatic carbocycles. The molecule has 0 fully saturated rings. The lowest BCUT2D eigenvalue weighted by atomic mass is 10.1. The fraction of sp³-hybridized carbons (Fsp3) is 0.227. The van der Waals surface area contributed by atoms with Gasteiger partial charge in [0.2, 0.25) is 5.95 Å². The average Bonchev–Trinajstić information content (AvgIpc) is 2.75. The number of esters is 1. The van der Waals surface area contributed by atoms with Gasteiger partial charge in [0, 0.05) is 31.0 Å². The first-order valence-corrected chi connectivity index (χ1v) is 9.41. The van der Waals surface area contributed by atoms with Crippen molar-refractivity contribution in [2.75, 3.05) is 37.5 Å². The first-order chi connectivity index (χ1) is 14.2. The van der Waals surface area contributed by atoms with E-state index in [1.165, 1.54) is 0 Å². The number of nitrogens with zero attached hydrogens (tertiary/aromatic N) is 2. The van der Waals surface area contributed by atoms with Crippen LogP contribution in [-0.4, -0.2) is 42.8 Å². The monoisotopic (exact) mass is 392 g/mol. The number of carbonyl (C=O) groups is 1. The molecular formula is C22H24N4O3. The van der Waals surface area contributed by atoms with Gasteiger partial charge in [-0.25, -0.2) is 9.78 Å². The molecule has 3 aromatic rings. The number of hydrogen-bond donors (Lipinski definition) is 2. The quantitative estimate of drug-likeness (QED) is 0.418. The molecule has 0 radical (unpaired) electrons. The van der Waals surface area contributed by atoms with Crippen LogP contribution in [0.1, 0.15) is 17.3 Å². The van der Waals surface area contributed by atoms with Crippen LogP contribution in [0.15, 0.2) is 60.7 Å². The summed E-state index contributed by atoms with van der Waals surface area (Å²) >= 11 is 0. The summed E-state index contributed by atoms with van der Waals surface area (Å²) in [6, 6.07) is 18.8. The van der Waals surface area contributed by atoms with E-state index in [0.717, 1.165) is 16.9 Å². The summed E-state index contributed by atoms with van der Waals surface area (Å²) in [6.45, 7) is 3.33. The van der Waals surface area contributed by atoms with Gasteiger partial charge in [0.15, 0.2) is 0 Å². The Morgan fingerprint density at radius 1 is 1.03 bits per heavy atom. The molecule has 150 valence electrons. The minimum Gasteiger partial charge on any atom is -0.462 e. The van der Waals surface area contributed by atoms with Crippen molar-refractivity contribution in [3.8, 4) is 11.3 Å². The number of ether oxygens (including phenoxy) is 2. The fourth-order valence-electron chi connectivity index (χ4n) is 2.66. The number of aromatic nitrogens is 2. The highest BCUT2D eigenvalue weighted by atomic mass is 16.5. The molecule has 0 saturated heterocycles. The van der Waals surface area contributed by atoms with Crippen molar-refractivity contribution in [1.82, 2.24) is 9.97 Å². The van der Waals surface area contributed by atoms with Gasteiger partial charge in [0.1, 0.15) is 5.82 Å². The first-order valence-electron chi connectivity index (χ1n) is 9.41. The number of hydrogen-bond acceptors (Lipinski definition) is 7. The minimum atomic E-state index is -0.342. The highest BCUT2D eigenvalue weighted by Crippen LogP contribution is 2.23. The number of benzene rings is 2. The minimum absolute atomic E-state index is 0.342. The van der Waals surface area contributed by atoms with Crippen LogP contribution in [0.5, 0.6) is 0 Å². The molecule has 29 heavy (non-hydrogen) atoms. The lowest BCUT2D eigenvalue weighted by Gasteiger charge is -2.12. The van der Waals surface area contributed by atoms with Crippen molar-refractivity contribution >= 4 is 23.4 Å². The van der Waals surface area contributed by atoms with Gasteiger partial charge in [-0.15, -0.1) is 0 Å². The van der Waals surface area contributed by atoms with Crippen LogP contribution in [0.2, 0.25) is 0 Å². The smallest absolute Gasteiger partial charge is 0.338 e. The number of anilines is 3. The third kappa shape index (κ3) is 5.76. The van der Waals surface area contributed by atoms with Gasteiger partial charge in [0.25, 0.3) is 0 Å². The van der Waals surface area contributed by atoms with Crippen molar-refractivity contribution in [2.24, 2.45) is 0 Å². The van der Waals surface area contributed by atoms with Crippen molar-refractivity contribution in [2.45, 2.75) is 6.92 Å². The van der Waals surface area contributed by atoms with Crippen LogP contribution >= 0.6 is 0 Å². The molecule has 0 spiro atoms. The van der Waals surface area contributed by atoms with E-state index < -0.39 is 0 Å². The molecule has 3 rings (SSSR count). The summed E-state index contributed by atoms with van der Waals surface area (Å²) < 4.78 is 10.1. The molecule has 1 heterocycles. The molecule has 0 saturated carbocycles. The van der Waals surface area contributed by atoms with E-state index in [2.05, 4.69) is 20.6 Å². The van der Waals surface area contributed by atoms with Gasteiger partial charge in [-0.05, 0) is 31.2 Å². The summed E-state index contributed by atoms with van der Waals surface area (Å²) in [5.41, 5.74) is 3.06. The van der Waals surface area contributed by atoms with Crippen molar-refractivity contribution in [3.05, 3.63) is 66.2 Å². The van der Waals surface area contributed by atoms with Crippen molar-refractivity contribution < 1.29 is 14.3 Å². The largest absolute Gasteiger partial charge is 0.462 e. The lowest BCUT2D eigenvalue weighted by molar-refractivity contribution is 0.0526. The molecule has 2 aromatic carbocycles. The van der Waals surface area contributed by atoms with Gasteiger partial charge in [-0.3, -0.25) is 0 Å². The maximum Gasteiger partial charge on any atom is 0.338 e. The molecule has 0 unspecified atom stereocenters. The zero-order valence-electron chi connectivity index (χ0n) is 16.5. The predicted molar refractivity (Wildman–Crippen MR) is 114 cm³/mol. The molecule has 0 amide bonds. The Kier molecular flexibility index (Phi) is 7.13. The van der Waals surface area contributed by atoms with E-state index in [1.54, 1.807) is 38.3 Å². The number of carbonyl (C=O) groups excluding carboxylic acids is 1. The third-order valence-electron chi connectivity index (χ3n) is 4.06. The molecule has 1 aromatic heterocycles. The Labute approximate surface area is 170 Å². The van der Waals surface area contributed by atoms with Gasteiger partial charge < -0.3 is 20.1 Å². The summed E-state index contributed by atoms with van der Waals surface area (Å²) in [7, 11) is 1.66. The maximum atomic E-state index is 11.8. The normalized spacial score (nSPS) is 10.4. The van der Waals surface area contributed by atoms with E-state index in [4.69, 9.17) is 9.47 Å². The van der Waals surface area contributed by atoms with Crippen LogP contribution in [0.4, 0.5) is 17.5 Å². The van der Waals surface area contributed by atoms with Crippen LogP contribution in [-0.2, 0) is 9.47 Å². The second-order valence-corrected chi connectivity index (χ2v) is 6.17. The SMILES string of the molecule is CCOC(=O)c1ccc(Nc2nc(NCCOC)cc(-c3ccccc3)n2)cc1. The number of nitrogens with one attached hydrogen (secondary N) is 2. The molecular weight excluding hydrogens is 368 g/mol. The van der Waals surface area contributed by atoms with Gasteiger partial charge in [-0.2, -0.15) is 4.98 Å². The third-order valence-corrected chi connectivity index (χ3v) is 4.06.